The van der Waals surface area contributed by atoms with Crippen molar-refractivity contribution < 1.29 is 26.3 Å². The monoisotopic (exact) mass is 471 g/mol. The molecule has 1 heterocycles. The van der Waals surface area contributed by atoms with E-state index in [1.807, 2.05) is 0 Å². The number of rotatable bonds is 1. The van der Waals surface area contributed by atoms with Gasteiger partial charge in [0, 0.05) is 4.47 Å². The van der Waals surface area contributed by atoms with Crippen LogP contribution in [0, 0.1) is 0 Å². The second-order valence-electron chi connectivity index (χ2n) is 6.66. The molecule has 154 valence electrons. The Hall–Kier alpha value is -1.98. The molecule has 1 saturated carbocycles. The Bertz CT molecular complexity index is 839. The van der Waals surface area contributed by atoms with Crippen LogP contribution in [0.25, 0.3) is 0 Å². The largest absolute Gasteiger partial charge is 0.417 e. The van der Waals surface area contributed by atoms with Gasteiger partial charge in [-0.2, -0.15) is 31.3 Å². The SMILES string of the molecule is NC1=NC2(CCCCC2)N(c2cc(C(F)(F)F)c(C(F)(F)F)cc2Br)C(N)=N1. The molecule has 0 aromatic heterocycles. The third-order valence-electron chi connectivity index (χ3n) is 4.79. The number of nitrogens with two attached hydrogens (primary N) is 2. The van der Waals surface area contributed by atoms with E-state index >= 15 is 0 Å². The highest BCUT2D eigenvalue weighted by Crippen LogP contribution is 2.47. The molecule has 3 rings (SSSR count). The third-order valence-corrected chi connectivity index (χ3v) is 5.43. The highest BCUT2D eigenvalue weighted by molar-refractivity contribution is 9.10. The molecule has 5 nitrogen and oxygen atoms in total. The van der Waals surface area contributed by atoms with Gasteiger partial charge in [-0.05, 0) is 53.7 Å². The molecule has 1 aromatic carbocycles. The van der Waals surface area contributed by atoms with E-state index in [2.05, 4.69) is 25.9 Å². The standard InChI is InChI=1S/C16H16BrF6N5/c17-10-6-8(15(18,19)20)9(16(21,22)23)7-11(10)28-13(25)26-12(24)27-14(28)4-2-1-3-5-14/h6-7H,1-5H2,(H4,24,25,26,27). The lowest BCUT2D eigenvalue weighted by molar-refractivity contribution is -0.162. The number of aliphatic imine (C=N–C) groups is 2. The molecule has 1 aliphatic carbocycles. The summed E-state index contributed by atoms with van der Waals surface area (Å²) in [6.07, 6.45) is -7.22. The minimum atomic E-state index is -5.22. The van der Waals surface area contributed by atoms with E-state index < -0.39 is 29.1 Å². The number of hydrogen-bond donors (Lipinski definition) is 2. The average Bonchev–Trinajstić information content (AvgIpc) is 2.54. The van der Waals surface area contributed by atoms with Crippen molar-refractivity contribution in [1.29, 1.82) is 0 Å². The molecule has 28 heavy (non-hydrogen) atoms. The van der Waals surface area contributed by atoms with Gasteiger partial charge in [0.15, 0.2) is 0 Å². The van der Waals surface area contributed by atoms with Crippen molar-refractivity contribution in [1.82, 2.24) is 0 Å². The fourth-order valence-corrected chi connectivity index (χ4v) is 4.19. The molecule has 1 aromatic rings. The lowest BCUT2D eigenvalue weighted by atomic mass is 9.87. The Morgan fingerprint density at radius 1 is 0.929 bits per heavy atom. The number of hydrogen-bond acceptors (Lipinski definition) is 5. The van der Waals surface area contributed by atoms with Gasteiger partial charge in [-0.15, -0.1) is 0 Å². The Kier molecular flexibility index (Phi) is 5.05. The second kappa shape index (κ2) is 6.82. The number of nitrogens with zero attached hydrogens (tertiary/aromatic N) is 3. The molecule has 4 N–H and O–H groups in total. The maximum Gasteiger partial charge on any atom is 0.417 e. The Labute approximate surface area is 164 Å². The van der Waals surface area contributed by atoms with Gasteiger partial charge in [-0.1, -0.05) is 6.42 Å². The summed E-state index contributed by atoms with van der Waals surface area (Å²) in [5.41, 5.74) is 6.78. The highest BCUT2D eigenvalue weighted by atomic mass is 79.9. The second-order valence-corrected chi connectivity index (χ2v) is 7.52. The van der Waals surface area contributed by atoms with Crippen molar-refractivity contribution in [3.8, 4) is 0 Å². The smallest absolute Gasteiger partial charge is 0.369 e. The third kappa shape index (κ3) is 3.65. The summed E-state index contributed by atoms with van der Waals surface area (Å²) in [5.74, 6) is -0.335. The van der Waals surface area contributed by atoms with Crippen LogP contribution in [0.2, 0.25) is 0 Å². The minimum absolute atomic E-state index is 0.116. The van der Waals surface area contributed by atoms with E-state index in [0.29, 0.717) is 37.8 Å². The first kappa shape index (κ1) is 20.7. The van der Waals surface area contributed by atoms with E-state index in [0.717, 1.165) is 6.42 Å². The predicted octanol–water partition coefficient (Wildman–Crippen LogP) is 4.60. The van der Waals surface area contributed by atoms with Crippen LogP contribution in [0.3, 0.4) is 0 Å². The summed E-state index contributed by atoms with van der Waals surface area (Å²) >= 11 is 2.97. The lowest BCUT2D eigenvalue weighted by Crippen LogP contribution is -2.58. The number of anilines is 1. The van der Waals surface area contributed by atoms with E-state index in [-0.39, 0.29) is 22.1 Å². The fraction of sp³-hybridized carbons (Fsp3) is 0.500. The van der Waals surface area contributed by atoms with Gasteiger partial charge in [0.25, 0.3) is 0 Å². The molecule has 2 aliphatic rings. The van der Waals surface area contributed by atoms with Gasteiger partial charge < -0.3 is 11.5 Å². The summed E-state index contributed by atoms with van der Waals surface area (Å²) in [6.45, 7) is 0. The molecule has 0 atom stereocenters. The first-order valence-electron chi connectivity index (χ1n) is 8.33. The molecule has 1 spiro atoms. The maximum atomic E-state index is 13.4. The van der Waals surface area contributed by atoms with Crippen LogP contribution in [-0.4, -0.2) is 17.6 Å². The van der Waals surface area contributed by atoms with Crippen molar-refractivity contribution >= 4 is 33.5 Å². The number of benzene rings is 1. The molecule has 0 saturated heterocycles. The lowest BCUT2D eigenvalue weighted by Gasteiger charge is -2.46. The molecular weight excluding hydrogens is 456 g/mol. The molecule has 1 fully saturated rings. The van der Waals surface area contributed by atoms with E-state index in [1.54, 1.807) is 0 Å². The summed E-state index contributed by atoms with van der Waals surface area (Å²) in [6, 6.07) is 0.840. The molecule has 12 heteroatoms. The zero-order chi connectivity index (χ0) is 20.9. The Morgan fingerprint density at radius 2 is 1.46 bits per heavy atom. The highest BCUT2D eigenvalue weighted by Gasteiger charge is 2.47. The van der Waals surface area contributed by atoms with E-state index in [4.69, 9.17) is 11.5 Å². The van der Waals surface area contributed by atoms with Gasteiger partial charge in [0.2, 0.25) is 11.9 Å². The Balaban J connectivity index is 2.23. The maximum absolute atomic E-state index is 13.4. The van der Waals surface area contributed by atoms with Crippen LogP contribution in [0.1, 0.15) is 43.2 Å². The summed E-state index contributed by atoms with van der Waals surface area (Å²) in [4.78, 5) is 9.38. The Morgan fingerprint density at radius 3 is 2.00 bits per heavy atom. The first-order valence-corrected chi connectivity index (χ1v) is 9.12. The molecule has 0 radical (unpaired) electrons. The first-order chi connectivity index (χ1) is 12.8. The molecule has 0 bridgehead atoms. The van der Waals surface area contributed by atoms with Gasteiger partial charge in [-0.25, -0.2) is 4.99 Å². The van der Waals surface area contributed by atoms with Crippen LogP contribution in [0.15, 0.2) is 26.6 Å². The molecule has 1 aliphatic heterocycles. The van der Waals surface area contributed by atoms with Crippen molar-refractivity contribution in [2.45, 2.75) is 50.1 Å². The predicted molar refractivity (Wildman–Crippen MR) is 95.7 cm³/mol. The van der Waals surface area contributed by atoms with Crippen LogP contribution in [0.4, 0.5) is 32.0 Å². The number of guanidine groups is 2. The summed E-state index contributed by atoms with van der Waals surface area (Å²) in [7, 11) is 0. The van der Waals surface area contributed by atoms with Crippen molar-refractivity contribution in [3.05, 3.63) is 27.7 Å². The molecular formula is C16H16BrF6N5. The molecule has 0 unspecified atom stereocenters. The van der Waals surface area contributed by atoms with Gasteiger partial charge >= 0.3 is 12.4 Å². The zero-order valence-corrected chi connectivity index (χ0v) is 15.9. The fourth-order valence-electron chi connectivity index (χ4n) is 3.67. The van der Waals surface area contributed by atoms with E-state index in [9.17, 15) is 26.3 Å². The van der Waals surface area contributed by atoms with Crippen molar-refractivity contribution in [2.24, 2.45) is 21.5 Å². The van der Waals surface area contributed by atoms with Crippen LogP contribution < -0.4 is 16.4 Å². The van der Waals surface area contributed by atoms with E-state index in [1.165, 1.54) is 4.90 Å². The zero-order valence-electron chi connectivity index (χ0n) is 14.3. The van der Waals surface area contributed by atoms with Crippen molar-refractivity contribution in [3.63, 3.8) is 0 Å². The summed E-state index contributed by atoms with van der Waals surface area (Å²) in [5, 5.41) is 0. The van der Waals surface area contributed by atoms with Gasteiger partial charge in [0.05, 0.1) is 16.8 Å². The normalized spacial score (nSPS) is 20.2. The van der Waals surface area contributed by atoms with Crippen LogP contribution in [0.5, 0.6) is 0 Å². The number of alkyl halides is 6. The minimum Gasteiger partial charge on any atom is -0.369 e. The number of halogens is 7. The molecule has 0 amide bonds. The van der Waals surface area contributed by atoms with Crippen LogP contribution >= 0.6 is 15.9 Å². The van der Waals surface area contributed by atoms with Gasteiger partial charge in [0.1, 0.15) is 5.66 Å². The quantitative estimate of drug-likeness (QED) is 0.587. The summed E-state index contributed by atoms with van der Waals surface area (Å²) < 4.78 is 79.6. The topological polar surface area (TPSA) is 80.0 Å². The average molecular weight is 472 g/mol. The van der Waals surface area contributed by atoms with Crippen molar-refractivity contribution in [2.75, 3.05) is 4.90 Å². The van der Waals surface area contributed by atoms with Gasteiger partial charge in [-0.3, -0.25) is 4.90 Å². The van der Waals surface area contributed by atoms with Crippen LogP contribution in [-0.2, 0) is 12.4 Å².